The lowest BCUT2D eigenvalue weighted by Gasteiger charge is -2.26. The molecule has 1 aliphatic rings. The number of rotatable bonds is 2. The van der Waals surface area contributed by atoms with E-state index in [4.69, 9.17) is 11.6 Å². The summed E-state index contributed by atoms with van der Waals surface area (Å²) in [7, 11) is 0. The van der Waals surface area contributed by atoms with E-state index in [1.165, 1.54) is 29.1 Å². The lowest BCUT2D eigenvalue weighted by molar-refractivity contribution is -0.138. The first-order chi connectivity index (χ1) is 12.8. The molecule has 27 heavy (non-hydrogen) atoms. The molecule has 3 aromatic rings. The molecule has 0 saturated heterocycles. The van der Waals surface area contributed by atoms with Crippen molar-refractivity contribution in [3.05, 3.63) is 76.4 Å². The maximum absolute atomic E-state index is 13.5. The van der Waals surface area contributed by atoms with E-state index in [2.05, 4.69) is 10.4 Å². The first kappa shape index (κ1) is 17.6. The highest BCUT2D eigenvalue weighted by Crippen LogP contribution is 2.43. The Morgan fingerprint density at radius 2 is 1.89 bits per heavy atom. The van der Waals surface area contributed by atoms with Gasteiger partial charge in [0.25, 0.3) is 0 Å². The van der Waals surface area contributed by atoms with Crippen LogP contribution in [0.4, 0.5) is 19.0 Å². The Bertz CT molecular complexity index is 1030. The number of fused-ring (bicyclic) bond motifs is 1. The largest absolute Gasteiger partial charge is 0.416 e. The van der Waals surface area contributed by atoms with Gasteiger partial charge in [-0.3, -0.25) is 4.79 Å². The number of nitrogens with one attached hydrogen (secondary N) is 1. The topological polar surface area (TPSA) is 46.9 Å². The molecule has 4 rings (SSSR count). The number of amides is 1. The van der Waals surface area contributed by atoms with Crippen LogP contribution in [0, 0.1) is 0 Å². The summed E-state index contributed by atoms with van der Waals surface area (Å²) in [6.45, 7) is 0. The van der Waals surface area contributed by atoms with Gasteiger partial charge in [-0.2, -0.15) is 18.3 Å². The summed E-state index contributed by atoms with van der Waals surface area (Å²) in [5, 5.41) is 7.48. The molecule has 138 valence electrons. The zero-order valence-corrected chi connectivity index (χ0v) is 14.6. The van der Waals surface area contributed by atoms with Crippen LogP contribution in [-0.2, 0) is 11.0 Å². The number of carbonyl (C=O) groups excluding carboxylic acids is 1. The van der Waals surface area contributed by atoms with Crippen LogP contribution in [0.5, 0.6) is 0 Å². The first-order valence-electron chi connectivity index (χ1n) is 8.14. The highest BCUT2D eigenvalue weighted by atomic mass is 35.5. The molecule has 0 fully saturated rings. The third-order valence-corrected chi connectivity index (χ3v) is 4.75. The number of carbonyl (C=O) groups is 1. The number of benzene rings is 2. The number of aromatic nitrogens is 2. The molecule has 1 aromatic heterocycles. The van der Waals surface area contributed by atoms with Gasteiger partial charge in [0.2, 0.25) is 5.91 Å². The summed E-state index contributed by atoms with van der Waals surface area (Å²) in [4.78, 5) is 12.3. The van der Waals surface area contributed by atoms with Gasteiger partial charge in [-0.25, -0.2) is 4.68 Å². The number of anilines is 1. The Morgan fingerprint density at radius 3 is 2.63 bits per heavy atom. The zero-order chi connectivity index (χ0) is 19.2. The van der Waals surface area contributed by atoms with Crippen LogP contribution in [-0.4, -0.2) is 15.7 Å². The van der Waals surface area contributed by atoms with Crippen molar-refractivity contribution in [3.8, 4) is 5.69 Å². The van der Waals surface area contributed by atoms with Crippen LogP contribution in [0.25, 0.3) is 5.69 Å². The second kappa shape index (κ2) is 6.42. The van der Waals surface area contributed by atoms with Crippen molar-refractivity contribution in [2.75, 3.05) is 5.32 Å². The monoisotopic (exact) mass is 391 g/mol. The second-order valence-electron chi connectivity index (χ2n) is 6.23. The van der Waals surface area contributed by atoms with Crippen LogP contribution < -0.4 is 5.32 Å². The van der Waals surface area contributed by atoms with E-state index in [0.717, 1.165) is 6.07 Å². The fourth-order valence-electron chi connectivity index (χ4n) is 3.36. The number of hydrogen-bond donors (Lipinski definition) is 1. The van der Waals surface area contributed by atoms with Gasteiger partial charge in [0.15, 0.2) is 0 Å². The highest BCUT2D eigenvalue weighted by molar-refractivity contribution is 6.30. The quantitative estimate of drug-likeness (QED) is 0.666. The predicted molar refractivity (Wildman–Crippen MR) is 95.1 cm³/mol. The molecule has 1 aliphatic heterocycles. The molecule has 0 spiro atoms. The van der Waals surface area contributed by atoms with Crippen molar-refractivity contribution in [3.63, 3.8) is 0 Å². The Labute approximate surface area is 157 Å². The zero-order valence-electron chi connectivity index (χ0n) is 13.8. The minimum Gasteiger partial charge on any atom is -0.310 e. The van der Waals surface area contributed by atoms with Crippen LogP contribution >= 0.6 is 11.6 Å². The summed E-state index contributed by atoms with van der Waals surface area (Å²) in [5.41, 5.74) is 0.456. The summed E-state index contributed by atoms with van der Waals surface area (Å²) < 4.78 is 41.8. The normalized spacial score (nSPS) is 16.7. The van der Waals surface area contributed by atoms with Crippen LogP contribution in [0.2, 0.25) is 5.02 Å². The Balaban J connectivity index is 1.86. The molecule has 1 atom stereocenters. The van der Waals surface area contributed by atoms with Crippen molar-refractivity contribution in [2.45, 2.75) is 18.5 Å². The van der Waals surface area contributed by atoms with Crippen LogP contribution in [0.3, 0.4) is 0 Å². The molecule has 0 saturated carbocycles. The van der Waals surface area contributed by atoms with Gasteiger partial charge in [0, 0.05) is 22.9 Å². The molecule has 0 bridgehead atoms. The fraction of sp³-hybridized carbons (Fsp3) is 0.158. The molecule has 1 unspecified atom stereocenters. The lowest BCUT2D eigenvalue weighted by atomic mass is 9.84. The minimum absolute atomic E-state index is 0.0618. The van der Waals surface area contributed by atoms with Crippen LogP contribution in [0.1, 0.15) is 29.0 Å². The maximum atomic E-state index is 13.5. The van der Waals surface area contributed by atoms with Crippen molar-refractivity contribution in [1.29, 1.82) is 0 Å². The maximum Gasteiger partial charge on any atom is 0.416 e. The molecule has 1 N–H and O–H groups in total. The van der Waals surface area contributed by atoms with Crippen molar-refractivity contribution in [1.82, 2.24) is 9.78 Å². The van der Waals surface area contributed by atoms with Gasteiger partial charge in [0.1, 0.15) is 5.82 Å². The SMILES string of the molecule is O=C1CC(c2ccccc2C(F)(F)F)c2cnn(-c3cccc(Cl)c3)c2N1. The molecule has 0 aliphatic carbocycles. The Hall–Kier alpha value is -2.80. The third kappa shape index (κ3) is 3.19. The minimum atomic E-state index is -4.51. The average molecular weight is 392 g/mol. The predicted octanol–water partition coefficient (Wildman–Crippen LogP) is 5.02. The van der Waals surface area contributed by atoms with E-state index in [0.29, 0.717) is 22.1 Å². The summed E-state index contributed by atoms with van der Waals surface area (Å²) in [6, 6.07) is 12.2. The van der Waals surface area contributed by atoms with Gasteiger partial charge >= 0.3 is 6.18 Å². The van der Waals surface area contributed by atoms with Crippen LogP contribution in [0.15, 0.2) is 54.7 Å². The van der Waals surface area contributed by atoms with E-state index in [1.807, 2.05) is 0 Å². The number of hydrogen-bond acceptors (Lipinski definition) is 2. The van der Waals surface area contributed by atoms with Gasteiger partial charge in [-0.05, 0) is 29.8 Å². The van der Waals surface area contributed by atoms with E-state index in [9.17, 15) is 18.0 Å². The molecule has 2 aromatic carbocycles. The van der Waals surface area contributed by atoms with Crippen molar-refractivity contribution >= 4 is 23.3 Å². The Morgan fingerprint density at radius 1 is 1.11 bits per heavy atom. The van der Waals surface area contributed by atoms with Gasteiger partial charge in [0.05, 0.1) is 17.4 Å². The van der Waals surface area contributed by atoms with E-state index in [-0.39, 0.29) is 17.9 Å². The number of nitrogens with zero attached hydrogens (tertiary/aromatic N) is 2. The molecular formula is C19H13ClF3N3O. The van der Waals surface area contributed by atoms with E-state index < -0.39 is 17.7 Å². The molecule has 2 heterocycles. The molecule has 1 amide bonds. The van der Waals surface area contributed by atoms with Gasteiger partial charge in [-0.15, -0.1) is 0 Å². The average Bonchev–Trinajstić information content (AvgIpc) is 3.04. The standard InChI is InChI=1S/C19H13ClF3N3O/c20-11-4-3-5-12(8-11)26-18-15(10-24-26)14(9-17(27)25-18)13-6-1-2-7-16(13)19(21,22)23/h1-8,10,14H,9H2,(H,25,27). The number of halogens is 4. The van der Waals surface area contributed by atoms with Crippen molar-refractivity contribution in [2.24, 2.45) is 0 Å². The fourth-order valence-corrected chi connectivity index (χ4v) is 3.54. The van der Waals surface area contributed by atoms with Crippen molar-refractivity contribution < 1.29 is 18.0 Å². The lowest BCUT2D eigenvalue weighted by Crippen LogP contribution is -2.26. The second-order valence-corrected chi connectivity index (χ2v) is 6.67. The highest BCUT2D eigenvalue weighted by Gasteiger charge is 2.38. The third-order valence-electron chi connectivity index (χ3n) is 4.51. The first-order valence-corrected chi connectivity index (χ1v) is 8.52. The van der Waals surface area contributed by atoms with E-state index in [1.54, 1.807) is 24.3 Å². The molecule has 0 radical (unpaired) electrons. The number of alkyl halides is 3. The Kier molecular flexibility index (Phi) is 4.19. The smallest absolute Gasteiger partial charge is 0.310 e. The molecule has 4 nitrogen and oxygen atoms in total. The van der Waals surface area contributed by atoms with E-state index >= 15 is 0 Å². The summed E-state index contributed by atoms with van der Waals surface area (Å²) in [6.07, 6.45) is -3.09. The molecule has 8 heteroatoms. The van der Waals surface area contributed by atoms with Gasteiger partial charge < -0.3 is 5.32 Å². The summed E-state index contributed by atoms with van der Waals surface area (Å²) in [5.74, 6) is -0.747. The summed E-state index contributed by atoms with van der Waals surface area (Å²) >= 11 is 6.02. The molecular weight excluding hydrogens is 379 g/mol. The van der Waals surface area contributed by atoms with Gasteiger partial charge in [-0.1, -0.05) is 35.9 Å².